The number of halogens is 2. The monoisotopic (exact) mass is 360 g/mol. The van der Waals surface area contributed by atoms with Crippen molar-refractivity contribution in [3.63, 3.8) is 0 Å². The predicted octanol–water partition coefficient (Wildman–Crippen LogP) is 3.58. The normalized spacial score (nSPS) is 22.8. The third-order valence-electron chi connectivity index (χ3n) is 3.94. The summed E-state index contributed by atoms with van der Waals surface area (Å²) in [7, 11) is 0. The molecular formula is C16H24BrClNO+. The average molecular weight is 362 g/mol. The maximum Gasteiger partial charge on any atom is 0.133 e. The van der Waals surface area contributed by atoms with E-state index in [1.54, 1.807) is 4.90 Å². The summed E-state index contributed by atoms with van der Waals surface area (Å²) in [6.45, 7) is 7.15. The number of hydrogen-bond donors (Lipinski definition) is 1. The Labute approximate surface area is 135 Å². The Bertz CT molecular complexity index is 427. The van der Waals surface area contributed by atoms with Crippen LogP contribution in [0.25, 0.3) is 0 Å². The van der Waals surface area contributed by atoms with Crippen molar-refractivity contribution >= 4 is 27.5 Å². The highest BCUT2D eigenvalue weighted by molar-refractivity contribution is 9.10. The van der Waals surface area contributed by atoms with Gasteiger partial charge in [0.25, 0.3) is 0 Å². The molecule has 1 saturated heterocycles. The van der Waals surface area contributed by atoms with E-state index < -0.39 is 0 Å². The Kier molecular flexibility index (Phi) is 6.66. The van der Waals surface area contributed by atoms with Gasteiger partial charge in [0.05, 0.1) is 30.7 Å². The highest BCUT2D eigenvalue weighted by Crippen LogP contribution is 2.27. The van der Waals surface area contributed by atoms with E-state index >= 15 is 0 Å². The first kappa shape index (κ1) is 16.1. The van der Waals surface area contributed by atoms with Crippen LogP contribution in [0.4, 0.5) is 0 Å². The molecule has 1 aliphatic rings. The number of hydrogen-bond acceptors (Lipinski definition) is 1. The van der Waals surface area contributed by atoms with Gasteiger partial charge >= 0.3 is 0 Å². The van der Waals surface area contributed by atoms with Gasteiger partial charge in [-0.1, -0.05) is 18.5 Å². The Hall–Kier alpha value is -0.250. The van der Waals surface area contributed by atoms with Crippen molar-refractivity contribution in [3.8, 4) is 5.75 Å². The first-order valence-corrected chi connectivity index (χ1v) is 8.73. The van der Waals surface area contributed by atoms with Gasteiger partial charge in [0, 0.05) is 10.9 Å². The van der Waals surface area contributed by atoms with E-state index in [1.807, 2.05) is 18.2 Å². The van der Waals surface area contributed by atoms with Crippen LogP contribution in [0.3, 0.4) is 0 Å². The Morgan fingerprint density at radius 1 is 1.40 bits per heavy atom. The molecule has 0 bridgehead atoms. The van der Waals surface area contributed by atoms with E-state index in [4.69, 9.17) is 16.3 Å². The van der Waals surface area contributed by atoms with Crippen molar-refractivity contribution in [2.24, 2.45) is 5.92 Å². The molecule has 2 atom stereocenters. The Morgan fingerprint density at radius 2 is 2.25 bits per heavy atom. The van der Waals surface area contributed by atoms with Crippen LogP contribution >= 0.6 is 27.5 Å². The zero-order chi connectivity index (χ0) is 14.4. The number of nitrogens with one attached hydrogen (secondary N) is 1. The maximum absolute atomic E-state index is 5.91. The summed E-state index contributed by atoms with van der Waals surface area (Å²) in [5.74, 6) is 1.79. The number of rotatable bonds is 6. The average Bonchev–Trinajstić information content (AvgIpc) is 2.41. The highest BCUT2D eigenvalue weighted by atomic mass is 79.9. The minimum Gasteiger partial charge on any atom is -0.492 e. The fourth-order valence-corrected chi connectivity index (χ4v) is 3.67. The largest absolute Gasteiger partial charge is 0.492 e. The fraction of sp³-hybridized carbons (Fsp3) is 0.625. The maximum atomic E-state index is 5.91. The predicted molar refractivity (Wildman–Crippen MR) is 87.8 cm³/mol. The molecule has 0 aromatic heterocycles. The van der Waals surface area contributed by atoms with E-state index in [0.717, 1.165) is 34.2 Å². The van der Waals surface area contributed by atoms with Gasteiger partial charge < -0.3 is 9.64 Å². The number of quaternary nitrogens is 1. The van der Waals surface area contributed by atoms with Crippen molar-refractivity contribution in [1.29, 1.82) is 0 Å². The first-order valence-electron chi connectivity index (χ1n) is 7.56. The fourth-order valence-electron chi connectivity index (χ4n) is 2.88. The number of piperidine rings is 1. The van der Waals surface area contributed by atoms with E-state index in [-0.39, 0.29) is 0 Å². The summed E-state index contributed by atoms with van der Waals surface area (Å²) < 4.78 is 6.72. The van der Waals surface area contributed by atoms with Crippen LogP contribution in [-0.4, -0.2) is 26.2 Å². The third-order valence-corrected chi connectivity index (χ3v) is 4.80. The number of likely N-dealkylation sites (tertiary alicyclic amines) is 1. The Morgan fingerprint density at radius 3 is 3.00 bits per heavy atom. The second-order valence-corrected chi connectivity index (χ2v) is 7.12. The number of unbranched alkanes of at least 4 members (excludes halogenated alkanes) is 1. The van der Waals surface area contributed by atoms with Crippen LogP contribution < -0.4 is 9.64 Å². The van der Waals surface area contributed by atoms with Crippen molar-refractivity contribution in [1.82, 2.24) is 0 Å². The lowest BCUT2D eigenvalue weighted by Crippen LogP contribution is -3.13. The molecule has 1 unspecified atom stereocenters. The van der Waals surface area contributed by atoms with Crippen molar-refractivity contribution in [2.45, 2.75) is 32.6 Å². The smallest absolute Gasteiger partial charge is 0.133 e. The van der Waals surface area contributed by atoms with Crippen molar-refractivity contribution in [2.75, 3.05) is 26.2 Å². The molecular weight excluding hydrogens is 338 g/mol. The van der Waals surface area contributed by atoms with Gasteiger partial charge in [0.2, 0.25) is 0 Å². The molecule has 0 spiro atoms. The van der Waals surface area contributed by atoms with Gasteiger partial charge in [-0.3, -0.25) is 0 Å². The second kappa shape index (κ2) is 8.26. The summed E-state index contributed by atoms with van der Waals surface area (Å²) in [5.41, 5.74) is 0. The molecule has 0 amide bonds. The molecule has 4 heteroatoms. The first-order chi connectivity index (χ1) is 9.65. The molecule has 112 valence electrons. The lowest BCUT2D eigenvalue weighted by molar-refractivity contribution is -0.908. The highest BCUT2D eigenvalue weighted by Gasteiger charge is 2.18. The zero-order valence-electron chi connectivity index (χ0n) is 12.1. The molecule has 2 rings (SSSR count). The van der Waals surface area contributed by atoms with Crippen LogP contribution in [0, 0.1) is 5.92 Å². The van der Waals surface area contributed by atoms with Crippen LogP contribution in [0.15, 0.2) is 22.7 Å². The van der Waals surface area contributed by atoms with Crippen LogP contribution in [0.5, 0.6) is 5.75 Å². The molecule has 0 radical (unpaired) electrons. The molecule has 1 aromatic rings. The van der Waals surface area contributed by atoms with Gasteiger partial charge in [-0.2, -0.15) is 0 Å². The number of ether oxygens (including phenoxy) is 1. The van der Waals surface area contributed by atoms with Crippen LogP contribution in [0.1, 0.15) is 32.6 Å². The summed E-state index contributed by atoms with van der Waals surface area (Å²) in [6, 6.07) is 5.65. The minimum absolute atomic E-state index is 0.729. The van der Waals surface area contributed by atoms with Gasteiger partial charge in [-0.05, 0) is 59.8 Å². The summed E-state index contributed by atoms with van der Waals surface area (Å²) in [5, 5.41) is 0.729. The van der Waals surface area contributed by atoms with E-state index in [1.165, 1.54) is 38.9 Å². The molecule has 1 fully saturated rings. The topological polar surface area (TPSA) is 13.7 Å². The second-order valence-electron chi connectivity index (χ2n) is 5.83. The molecule has 1 aromatic carbocycles. The minimum atomic E-state index is 0.729. The van der Waals surface area contributed by atoms with E-state index in [0.29, 0.717) is 0 Å². The molecule has 1 aliphatic heterocycles. The molecule has 1 heterocycles. The molecule has 20 heavy (non-hydrogen) atoms. The van der Waals surface area contributed by atoms with E-state index in [2.05, 4.69) is 22.9 Å². The lowest BCUT2D eigenvalue weighted by Gasteiger charge is -2.27. The van der Waals surface area contributed by atoms with Gasteiger partial charge in [-0.25, -0.2) is 0 Å². The SMILES string of the molecule is C[C@H]1CCC[NH+](CCCCOc2ccc(Cl)cc2Br)C1. The molecule has 1 N–H and O–H groups in total. The van der Waals surface area contributed by atoms with Gasteiger partial charge in [0.15, 0.2) is 0 Å². The van der Waals surface area contributed by atoms with Crippen LogP contribution in [-0.2, 0) is 0 Å². The lowest BCUT2D eigenvalue weighted by atomic mass is 10.0. The summed E-state index contributed by atoms with van der Waals surface area (Å²) in [6.07, 6.45) is 5.17. The van der Waals surface area contributed by atoms with Crippen LogP contribution in [0.2, 0.25) is 5.02 Å². The quantitative estimate of drug-likeness (QED) is 0.765. The molecule has 0 saturated carbocycles. The standard InChI is InChI=1S/C16H23BrClNO/c1-13-5-4-9-19(12-13)8-2-3-10-20-16-7-6-14(18)11-15(16)17/h6-7,11,13H,2-5,8-10,12H2,1H3/p+1/t13-/m0/s1. The van der Waals surface area contributed by atoms with Gasteiger partial charge in [0.1, 0.15) is 5.75 Å². The molecule has 2 nitrogen and oxygen atoms in total. The van der Waals surface area contributed by atoms with Crippen molar-refractivity contribution < 1.29 is 9.64 Å². The van der Waals surface area contributed by atoms with E-state index in [9.17, 15) is 0 Å². The van der Waals surface area contributed by atoms with Crippen molar-refractivity contribution in [3.05, 3.63) is 27.7 Å². The summed E-state index contributed by atoms with van der Waals surface area (Å²) in [4.78, 5) is 1.77. The van der Waals surface area contributed by atoms with Gasteiger partial charge in [-0.15, -0.1) is 0 Å². The Balaban J connectivity index is 1.61. The number of benzene rings is 1. The summed E-state index contributed by atoms with van der Waals surface area (Å²) >= 11 is 9.38. The zero-order valence-corrected chi connectivity index (χ0v) is 14.5. The molecule has 0 aliphatic carbocycles. The third kappa shape index (κ3) is 5.27.